The maximum absolute atomic E-state index is 5.06. The van der Waals surface area contributed by atoms with Crippen LogP contribution in [0.1, 0.15) is 25.0 Å². The highest BCUT2D eigenvalue weighted by Gasteiger charge is 2.36. The summed E-state index contributed by atoms with van der Waals surface area (Å²) in [6.07, 6.45) is 0. The first-order valence-corrected chi connectivity index (χ1v) is 19.9. The number of nitrogens with zero attached hydrogens (tertiary/aromatic N) is 4. The summed E-state index contributed by atoms with van der Waals surface area (Å²) in [5.74, 6) is 1.94. The van der Waals surface area contributed by atoms with Crippen LogP contribution in [-0.2, 0) is 5.41 Å². The van der Waals surface area contributed by atoms with Crippen molar-refractivity contribution in [1.29, 1.82) is 0 Å². The number of fused-ring (bicyclic) bond motifs is 6. The zero-order valence-corrected chi connectivity index (χ0v) is 32.3. The Labute approximate surface area is 337 Å². The largest absolute Gasteiger partial charge is 0.309 e. The quantitative estimate of drug-likeness (QED) is 0.170. The molecule has 0 bridgehead atoms. The Bertz CT molecular complexity index is 3110. The average molecular weight is 743 g/mol. The lowest BCUT2D eigenvalue weighted by molar-refractivity contribution is 0.660. The second-order valence-electron chi connectivity index (χ2n) is 15.6. The van der Waals surface area contributed by atoms with Gasteiger partial charge in [-0.25, -0.2) is 15.0 Å². The lowest BCUT2D eigenvalue weighted by Crippen LogP contribution is -2.14. The van der Waals surface area contributed by atoms with Gasteiger partial charge in [0.25, 0.3) is 0 Å². The second-order valence-corrected chi connectivity index (χ2v) is 15.6. The zero-order chi connectivity index (χ0) is 38.8. The van der Waals surface area contributed by atoms with Crippen molar-refractivity contribution in [2.45, 2.75) is 19.3 Å². The highest BCUT2D eigenvalue weighted by atomic mass is 15.0. The van der Waals surface area contributed by atoms with Crippen LogP contribution in [0.5, 0.6) is 0 Å². The summed E-state index contributed by atoms with van der Waals surface area (Å²) in [4.78, 5) is 15.1. The lowest BCUT2D eigenvalue weighted by atomic mass is 9.82. The standard InChI is InChI=1S/C54H38N4/c1-54(2)46-23-13-12-21-43(46)50-42(22-14-24-47(50)54)36-27-25-35(26-28-36)39-29-31-48-44(33-39)45-34-40(30-32-49(45)58(48)41-19-10-5-11-20-41)53-56-51(37-15-6-3-7-16-37)55-52(57-53)38-17-8-4-9-18-38/h3-34H,1-2H3. The van der Waals surface area contributed by atoms with Crippen molar-refractivity contribution >= 4 is 21.8 Å². The first-order chi connectivity index (χ1) is 28.5. The van der Waals surface area contributed by atoms with Crippen molar-refractivity contribution in [3.05, 3.63) is 205 Å². The molecule has 2 aromatic heterocycles. The predicted octanol–water partition coefficient (Wildman–Crippen LogP) is 13.6. The first kappa shape index (κ1) is 33.9. The van der Waals surface area contributed by atoms with Crippen molar-refractivity contribution < 1.29 is 0 Å². The normalized spacial score (nSPS) is 12.8. The van der Waals surface area contributed by atoms with Crippen LogP contribution in [-0.4, -0.2) is 19.5 Å². The van der Waals surface area contributed by atoms with Gasteiger partial charge < -0.3 is 4.57 Å². The second kappa shape index (κ2) is 13.4. The summed E-state index contributed by atoms with van der Waals surface area (Å²) in [5.41, 5.74) is 16.5. The minimum atomic E-state index is -0.0338. The van der Waals surface area contributed by atoms with Gasteiger partial charge in [0.15, 0.2) is 17.5 Å². The van der Waals surface area contributed by atoms with E-state index in [1.165, 1.54) is 49.9 Å². The highest BCUT2D eigenvalue weighted by molar-refractivity contribution is 6.11. The van der Waals surface area contributed by atoms with Crippen LogP contribution >= 0.6 is 0 Å². The van der Waals surface area contributed by atoms with Crippen molar-refractivity contribution in [1.82, 2.24) is 19.5 Å². The van der Waals surface area contributed by atoms with E-state index in [0.717, 1.165) is 38.8 Å². The van der Waals surface area contributed by atoms with Crippen LogP contribution in [0.15, 0.2) is 194 Å². The molecule has 2 heterocycles. The Kier molecular flexibility index (Phi) is 7.80. The van der Waals surface area contributed by atoms with E-state index < -0.39 is 0 Å². The number of aromatic nitrogens is 4. The Morgan fingerprint density at radius 2 is 0.828 bits per heavy atom. The summed E-state index contributed by atoms with van der Waals surface area (Å²) >= 11 is 0. The SMILES string of the molecule is CC1(C)c2ccccc2-c2c(-c3ccc(-c4ccc5c(c4)c4cc(-c6nc(-c7ccccc7)nc(-c7ccccc7)n6)ccc4n5-c4ccccc4)cc3)cccc21. The lowest BCUT2D eigenvalue weighted by Gasteiger charge is -2.21. The number of hydrogen-bond acceptors (Lipinski definition) is 3. The molecule has 10 aromatic rings. The summed E-state index contributed by atoms with van der Waals surface area (Å²) in [5, 5.41) is 2.31. The van der Waals surface area contributed by atoms with E-state index >= 15 is 0 Å². The van der Waals surface area contributed by atoms with Gasteiger partial charge in [-0.15, -0.1) is 0 Å². The topological polar surface area (TPSA) is 43.6 Å². The van der Waals surface area contributed by atoms with Crippen molar-refractivity contribution in [3.8, 4) is 73.2 Å². The van der Waals surface area contributed by atoms with E-state index in [1.807, 2.05) is 60.7 Å². The Hall–Kier alpha value is -7.43. The maximum Gasteiger partial charge on any atom is 0.164 e. The molecule has 11 rings (SSSR count). The molecule has 0 N–H and O–H groups in total. The van der Waals surface area contributed by atoms with E-state index in [-0.39, 0.29) is 5.41 Å². The molecule has 4 heteroatoms. The third-order valence-corrected chi connectivity index (χ3v) is 11.9. The Morgan fingerprint density at radius 3 is 1.47 bits per heavy atom. The van der Waals surface area contributed by atoms with Gasteiger partial charge in [0.2, 0.25) is 0 Å². The van der Waals surface area contributed by atoms with Crippen molar-refractivity contribution in [2.24, 2.45) is 0 Å². The van der Waals surface area contributed by atoms with Gasteiger partial charge in [-0.05, 0) is 87.0 Å². The molecule has 4 nitrogen and oxygen atoms in total. The first-order valence-electron chi connectivity index (χ1n) is 19.9. The summed E-state index contributed by atoms with van der Waals surface area (Å²) in [7, 11) is 0. The van der Waals surface area contributed by atoms with Crippen LogP contribution in [0.3, 0.4) is 0 Å². The molecule has 1 aliphatic rings. The van der Waals surface area contributed by atoms with E-state index in [2.05, 4.69) is 152 Å². The fourth-order valence-corrected chi connectivity index (χ4v) is 8.97. The van der Waals surface area contributed by atoms with E-state index in [4.69, 9.17) is 15.0 Å². The van der Waals surface area contributed by atoms with Crippen molar-refractivity contribution in [2.75, 3.05) is 0 Å². The molecule has 0 saturated carbocycles. The molecule has 1 aliphatic carbocycles. The molecule has 0 atom stereocenters. The molecule has 0 spiro atoms. The molecular formula is C54H38N4. The number of rotatable bonds is 6. The van der Waals surface area contributed by atoms with Crippen LogP contribution in [0.4, 0.5) is 0 Å². The van der Waals surface area contributed by atoms with Gasteiger partial charge in [0.1, 0.15) is 0 Å². The monoisotopic (exact) mass is 742 g/mol. The summed E-state index contributed by atoms with van der Waals surface area (Å²) < 4.78 is 2.36. The van der Waals surface area contributed by atoms with E-state index in [1.54, 1.807) is 0 Å². The van der Waals surface area contributed by atoms with Gasteiger partial charge in [-0.2, -0.15) is 0 Å². The smallest absolute Gasteiger partial charge is 0.164 e. The fraction of sp³-hybridized carbons (Fsp3) is 0.0556. The van der Waals surface area contributed by atoms with Gasteiger partial charge in [0.05, 0.1) is 11.0 Å². The minimum Gasteiger partial charge on any atom is -0.309 e. The van der Waals surface area contributed by atoms with Gasteiger partial charge >= 0.3 is 0 Å². The highest BCUT2D eigenvalue weighted by Crippen LogP contribution is 2.52. The average Bonchev–Trinajstić information content (AvgIpc) is 3.74. The number of benzene rings is 8. The van der Waals surface area contributed by atoms with Crippen LogP contribution < -0.4 is 0 Å². The maximum atomic E-state index is 5.06. The molecule has 0 fully saturated rings. The van der Waals surface area contributed by atoms with Gasteiger partial charge in [0, 0.05) is 38.6 Å². The number of hydrogen-bond donors (Lipinski definition) is 0. The molecular weight excluding hydrogens is 705 g/mol. The van der Waals surface area contributed by atoms with Crippen LogP contribution in [0.2, 0.25) is 0 Å². The van der Waals surface area contributed by atoms with E-state index in [0.29, 0.717) is 17.5 Å². The fourth-order valence-electron chi connectivity index (χ4n) is 8.97. The third kappa shape index (κ3) is 5.48. The van der Waals surface area contributed by atoms with Crippen LogP contribution in [0.25, 0.3) is 95.0 Å². The van der Waals surface area contributed by atoms with Crippen molar-refractivity contribution in [3.63, 3.8) is 0 Å². The molecule has 0 saturated heterocycles. The Balaban J connectivity index is 1.05. The van der Waals surface area contributed by atoms with E-state index in [9.17, 15) is 0 Å². The molecule has 0 aliphatic heterocycles. The van der Waals surface area contributed by atoms with Gasteiger partial charge in [-0.3, -0.25) is 0 Å². The van der Waals surface area contributed by atoms with Crippen LogP contribution in [0, 0.1) is 0 Å². The summed E-state index contributed by atoms with van der Waals surface area (Å²) in [6, 6.07) is 69.1. The minimum absolute atomic E-state index is 0.0338. The third-order valence-electron chi connectivity index (χ3n) is 11.9. The molecule has 0 unspecified atom stereocenters. The predicted molar refractivity (Wildman–Crippen MR) is 239 cm³/mol. The Morgan fingerprint density at radius 1 is 0.362 bits per heavy atom. The number of para-hydroxylation sites is 1. The molecule has 58 heavy (non-hydrogen) atoms. The molecule has 274 valence electrons. The summed E-state index contributed by atoms with van der Waals surface area (Å²) in [6.45, 7) is 4.68. The molecule has 0 amide bonds. The zero-order valence-electron chi connectivity index (χ0n) is 32.3. The molecule has 0 radical (unpaired) electrons. The van der Waals surface area contributed by atoms with Gasteiger partial charge in [-0.1, -0.05) is 166 Å². The molecule has 8 aromatic carbocycles.